The van der Waals surface area contributed by atoms with Crippen molar-refractivity contribution in [3.05, 3.63) is 48.5 Å². The lowest BCUT2D eigenvalue weighted by Gasteiger charge is -2.08. The molecule has 2 rings (SSSR count). The topological polar surface area (TPSA) is 148 Å². The minimum atomic E-state index is -3.74. The van der Waals surface area contributed by atoms with E-state index >= 15 is 0 Å². The molecule has 0 heterocycles. The van der Waals surface area contributed by atoms with Crippen molar-refractivity contribution in [3.8, 4) is 0 Å². The zero-order valence-electron chi connectivity index (χ0n) is 17.5. The second-order valence-corrected chi connectivity index (χ2v) is 8.85. The van der Waals surface area contributed by atoms with Crippen LogP contribution >= 0.6 is 0 Å². The Hall–Kier alpha value is -3.73. The Kier molecular flexibility index (Phi) is 8.47. The average molecular weight is 461 g/mol. The number of benzene rings is 2. The van der Waals surface area contributed by atoms with Crippen molar-refractivity contribution in [1.82, 2.24) is 0 Å². The van der Waals surface area contributed by atoms with Crippen LogP contribution in [0.25, 0.3) is 0 Å². The van der Waals surface area contributed by atoms with E-state index in [-0.39, 0.29) is 16.7 Å². The first-order valence-electron chi connectivity index (χ1n) is 9.49. The number of anilines is 3. The van der Waals surface area contributed by atoms with E-state index in [2.05, 4.69) is 16.0 Å². The molecule has 10 nitrogen and oxygen atoms in total. The van der Waals surface area contributed by atoms with Gasteiger partial charge in [0.05, 0.1) is 17.1 Å². The predicted octanol–water partition coefficient (Wildman–Crippen LogP) is 1.95. The maximum absolute atomic E-state index is 12.3. The van der Waals surface area contributed by atoms with E-state index in [1.54, 1.807) is 24.3 Å². The maximum Gasteiger partial charge on any atom is 0.307 e. The molecule has 2 aromatic rings. The number of nitrogens with one attached hydrogen (secondary N) is 3. The third-order valence-electron chi connectivity index (χ3n) is 3.96. The quantitative estimate of drug-likeness (QED) is 0.483. The Morgan fingerprint density at radius 1 is 0.750 bits per heavy atom. The summed E-state index contributed by atoms with van der Waals surface area (Å²) in [6.45, 7) is 2.14. The van der Waals surface area contributed by atoms with Crippen molar-refractivity contribution in [1.29, 1.82) is 0 Å². The number of amides is 3. The van der Waals surface area contributed by atoms with Crippen LogP contribution in [0.15, 0.2) is 53.4 Å². The van der Waals surface area contributed by atoms with Gasteiger partial charge in [0.15, 0.2) is 16.4 Å². The molecule has 32 heavy (non-hydrogen) atoms. The molecule has 170 valence electrons. The molecule has 0 aromatic heterocycles. The molecular weight excluding hydrogens is 438 g/mol. The molecule has 0 radical (unpaired) electrons. The average Bonchev–Trinajstić information content (AvgIpc) is 2.72. The van der Waals surface area contributed by atoms with Gasteiger partial charge >= 0.3 is 5.97 Å². The molecular formula is C21H23N3O7S. The molecule has 0 saturated heterocycles. The van der Waals surface area contributed by atoms with Gasteiger partial charge in [-0.3, -0.25) is 19.2 Å². The number of hydrogen-bond donors (Lipinski definition) is 3. The van der Waals surface area contributed by atoms with Gasteiger partial charge in [-0.1, -0.05) is 0 Å². The monoisotopic (exact) mass is 461 g/mol. The van der Waals surface area contributed by atoms with Crippen LogP contribution in [0.4, 0.5) is 17.1 Å². The van der Waals surface area contributed by atoms with Crippen LogP contribution in [0.5, 0.6) is 0 Å². The van der Waals surface area contributed by atoms with E-state index in [9.17, 15) is 27.6 Å². The van der Waals surface area contributed by atoms with Crippen LogP contribution in [-0.4, -0.2) is 44.5 Å². The summed E-state index contributed by atoms with van der Waals surface area (Å²) in [6.07, 6.45) is -0.422. The Morgan fingerprint density at radius 2 is 1.19 bits per heavy atom. The summed E-state index contributed by atoms with van der Waals surface area (Å²) < 4.78 is 29.5. The number of sulfone groups is 1. The molecule has 3 amide bonds. The minimum absolute atomic E-state index is 0.000134. The van der Waals surface area contributed by atoms with Crippen LogP contribution in [0.2, 0.25) is 0 Å². The zero-order valence-corrected chi connectivity index (χ0v) is 18.3. The number of esters is 1. The molecule has 0 atom stereocenters. The summed E-state index contributed by atoms with van der Waals surface area (Å²) in [7, 11) is -3.74. The van der Waals surface area contributed by atoms with Crippen LogP contribution < -0.4 is 16.0 Å². The first-order valence-corrected chi connectivity index (χ1v) is 11.1. The highest BCUT2D eigenvalue weighted by molar-refractivity contribution is 7.91. The van der Waals surface area contributed by atoms with Crippen molar-refractivity contribution in [3.63, 3.8) is 0 Å². The second-order valence-electron chi connectivity index (χ2n) is 6.74. The smallest absolute Gasteiger partial charge is 0.307 e. The molecule has 0 aliphatic rings. The van der Waals surface area contributed by atoms with Gasteiger partial charge in [-0.05, 0) is 48.5 Å². The highest BCUT2D eigenvalue weighted by atomic mass is 32.2. The first-order chi connectivity index (χ1) is 15.0. The van der Waals surface area contributed by atoms with Crippen LogP contribution in [-0.2, 0) is 33.8 Å². The number of ether oxygens (including phenoxy) is 1. The molecule has 0 saturated carbocycles. The van der Waals surface area contributed by atoms with Gasteiger partial charge in [0.25, 0.3) is 5.91 Å². The molecule has 0 bridgehead atoms. The SMILES string of the molecule is CC(=O)Nc1ccc(NC(=O)COC(=O)CCS(=O)(=O)c2ccc(NC(C)=O)cc2)cc1. The Bertz CT molecular complexity index is 1100. The fourth-order valence-corrected chi connectivity index (χ4v) is 3.76. The third-order valence-corrected chi connectivity index (χ3v) is 5.69. The third kappa shape index (κ3) is 8.19. The Morgan fingerprint density at radius 3 is 1.66 bits per heavy atom. The van der Waals surface area contributed by atoms with Crippen molar-refractivity contribution in [2.45, 2.75) is 25.2 Å². The largest absolute Gasteiger partial charge is 0.456 e. The second kappa shape index (κ2) is 11.0. The summed E-state index contributed by atoms with van der Waals surface area (Å²) in [4.78, 5) is 45.7. The summed E-state index contributed by atoms with van der Waals surface area (Å²) >= 11 is 0. The van der Waals surface area contributed by atoms with Crippen LogP contribution in [0.3, 0.4) is 0 Å². The fourth-order valence-electron chi connectivity index (χ4n) is 2.54. The number of carbonyl (C=O) groups excluding carboxylic acids is 4. The lowest BCUT2D eigenvalue weighted by molar-refractivity contribution is -0.146. The van der Waals surface area contributed by atoms with Gasteiger partial charge in [-0.2, -0.15) is 0 Å². The van der Waals surface area contributed by atoms with Gasteiger partial charge in [0, 0.05) is 30.9 Å². The van der Waals surface area contributed by atoms with E-state index in [1.807, 2.05) is 0 Å². The fraction of sp³-hybridized carbons (Fsp3) is 0.238. The summed E-state index contributed by atoms with van der Waals surface area (Å²) in [5, 5.41) is 7.63. The van der Waals surface area contributed by atoms with Gasteiger partial charge < -0.3 is 20.7 Å². The molecule has 3 N–H and O–H groups in total. The van der Waals surface area contributed by atoms with Gasteiger partial charge in [-0.25, -0.2) is 8.42 Å². The Labute approximate surface area is 185 Å². The Balaban J connectivity index is 1.79. The van der Waals surface area contributed by atoms with Gasteiger partial charge in [-0.15, -0.1) is 0 Å². The van der Waals surface area contributed by atoms with Crippen molar-refractivity contribution in [2.24, 2.45) is 0 Å². The van der Waals surface area contributed by atoms with E-state index < -0.39 is 40.5 Å². The van der Waals surface area contributed by atoms with Crippen molar-refractivity contribution < 1.29 is 32.3 Å². The number of rotatable bonds is 9. The van der Waals surface area contributed by atoms with Gasteiger partial charge in [0.2, 0.25) is 11.8 Å². The minimum Gasteiger partial charge on any atom is -0.456 e. The molecule has 0 aliphatic carbocycles. The normalized spacial score (nSPS) is 10.7. The highest BCUT2D eigenvalue weighted by Crippen LogP contribution is 2.16. The number of carbonyl (C=O) groups is 4. The molecule has 0 fully saturated rings. The van der Waals surface area contributed by atoms with E-state index in [0.717, 1.165) is 0 Å². The predicted molar refractivity (Wildman–Crippen MR) is 118 cm³/mol. The molecule has 2 aromatic carbocycles. The molecule has 0 spiro atoms. The zero-order chi connectivity index (χ0) is 23.7. The lowest BCUT2D eigenvalue weighted by atomic mass is 10.2. The molecule has 0 unspecified atom stereocenters. The summed E-state index contributed by atoms with van der Waals surface area (Å²) in [6, 6.07) is 11.9. The summed E-state index contributed by atoms with van der Waals surface area (Å²) in [5.74, 6) is -2.42. The van der Waals surface area contributed by atoms with E-state index in [4.69, 9.17) is 4.74 Å². The standard InChI is InChI=1S/C21H23N3O7S/c1-14(25)22-16-3-5-18(6-4-16)24-20(27)13-31-21(28)11-12-32(29,30)19-9-7-17(8-10-19)23-15(2)26/h3-10H,11-13H2,1-2H3,(H,22,25)(H,23,26)(H,24,27). The summed E-state index contributed by atoms with van der Waals surface area (Å²) in [5.41, 5.74) is 1.45. The van der Waals surface area contributed by atoms with Crippen LogP contribution in [0, 0.1) is 0 Å². The van der Waals surface area contributed by atoms with Crippen molar-refractivity contribution >= 4 is 50.6 Å². The van der Waals surface area contributed by atoms with Crippen molar-refractivity contribution in [2.75, 3.05) is 28.3 Å². The highest BCUT2D eigenvalue weighted by Gasteiger charge is 2.18. The maximum atomic E-state index is 12.3. The van der Waals surface area contributed by atoms with E-state index in [0.29, 0.717) is 17.1 Å². The van der Waals surface area contributed by atoms with E-state index in [1.165, 1.54) is 38.1 Å². The van der Waals surface area contributed by atoms with Gasteiger partial charge in [0.1, 0.15) is 0 Å². The lowest BCUT2D eigenvalue weighted by Crippen LogP contribution is -2.22. The van der Waals surface area contributed by atoms with Crippen LogP contribution in [0.1, 0.15) is 20.3 Å². The molecule has 11 heteroatoms. The first kappa shape index (κ1) is 24.5. The number of hydrogen-bond acceptors (Lipinski definition) is 7. The molecule has 0 aliphatic heterocycles.